The highest BCUT2D eigenvalue weighted by atomic mass is 16.5. The Morgan fingerprint density at radius 2 is 2.11 bits per heavy atom. The number of nitrogens with zero attached hydrogens (tertiary/aromatic N) is 4. The van der Waals surface area contributed by atoms with Crippen molar-refractivity contribution in [1.29, 1.82) is 0 Å². The summed E-state index contributed by atoms with van der Waals surface area (Å²) in [5.74, 6) is 1.14. The fourth-order valence-electron chi connectivity index (χ4n) is 3.05. The molecule has 0 aliphatic carbocycles. The number of nitrogens with two attached hydrogens (primary N) is 1. The Morgan fingerprint density at radius 3 is 2.85 bits per heavy atom. The maximum Gasteiger partial charge on any atom is 0.270 e. The second-order valence-electron chi connectivity index (χ2n) is 6.97. The molecule has 8 heteroatoms. The molecular weight excluding hydrogens is 344 g/mol. The van der Waals surface area contributed by atoms with E-state index < -0.39 is 0 Å². The number of hydrogen-bond acceptors (Lipinski definition) is 7. The Kier molecular flexibility index (Phi) is 6.18. The van der Waals surface area contributed by atoms with Gasteiger partial charge in [-0.25, -0.2) is 15.0 Å². The smallest absolute Gasteiger partial charge is 0.270 e. The number of pyridine rings is 1. The maximum absolute atomic E-state index is 12.6. The lowest BCUT2D eigenvalue weighted by Crippen LogP contribution is -2.38. The molecule has 0 atom stereocenters. The Morgan fingerprint density at radius 1 is 1.33 bits per heavy atom. The SMILES string of the molecule is CC(C)Cc1cc(C(=O)NCc2cccnc2N2CCOCC2)nc(N)n1. The second kappa shape index (κ2) is 8.77. The summed E-state index contributed by atoms with van der Waals surface area (Å²) in [5.41, 5.74) is 7.79. The minimum atomic E-state index is -0.272. The normalized spacial score (nSPS) is 14.4. The first-order valence-electron chi connectivity index (χ1n) is 9.21. The lowest BCUT2D eigenvalue weighted by molar-refractivity contribution is 0.0945. The molecule has 1 aliphatic rings. The predicted molar refractivity (Wildman–Crippen MR) is 103 cm³/mol. The van der Waals surface area contributed by atoms with Crippen LogP contribution in [0.4, 0.5) is 11.8 Å². The van der Waals surface area contributed by atoms with Gasteiger partial charge in [0.05, 0.1) is 13.2 Å². The third kappa shape index (κ3) is 5.13. The highest BCUT2D eigenvalue weighted by Gasteiger charge is 2.17. The monoisotopic (exact) mass is 370 g/mol. The van der Waals surface area contributed by atoms with Gasteiger partial charge in [0.25, 0.3) is 5.91 Å². The molecule has 1 amide bonds. The molecule has 2 aromatic rings. The van der Waals surface area contributed by atoms with Crippen LogP contribution in [0, 0.1) is 5.92 Å². The highest BCUT2D eigenvalue weighted by Crippen LogP contribution is 2.18. The van der Waals surface area contributed by atoms with Gasteiger partial charge < -0.3 is 20.7 Å². The zero-order valence-corrected chi connectivity index (χ0v) is 15.8. The van der Waals surface area contributed by atoms with E-state index in [1.165, 1.54) is 0 Å². The largest absolute Gasteiger partial charge is 0.378 e. The van der Waals surface area contributed by atoms with Crippen molar-refractivity contribution in [2.75, 3.05) is 36.9 Å². The van der Waals surface area contributed by atoms with Crippen LogP contribution < -0.4 is 16.0 Å². The van der Waals surface area contributed by atoms with Gasteiger partial charge in [-0.15, -0.1) is 0 Å². The number of nitrogen functional groups attached to an aromatic ring is 1. The molecule has 144 valence electrons. The zero-order valence-electron chi connectivity index (χ0n) is 15.8. The number of carbonyl (C=O) groups is 1. The van der Waals surface area contributed by atoms with Crippen molar-refractivity contribution >= 4 is 17.7 Å². The van der Waals surface area contributed by atoms with Crippen molar-refractivity contribution in [1.82, 2.24) is 20.3 Å². The lowest BCUT2D eigenvalue weighted by atomic mass is 10.1. The van der Waals surface area contributed by atoms with Crippen molar-refractivity contribution in [2.24, 2.45) is 5.92 Å². The van der Waals surface area contributed by atoms with Crippen molar-refractivity contribution in [2.45, 2.75) is 26.8 Å². The van der Waals surface area contributed by atoms with Crippen LogP contribution in [0.25, 0.3) is 0 Å². The number of morpholine rings is 1. The minimum absolute atomic E-state index is 0.119. The predicted octanol–water partition coefficient (Wildman–Crippen LogP) is 1.42. The summed E-state index contributed by atoms with van der Waals surface area (Å²) in [6.07, 6.45) is 2.51. The third-order valence-electron chi connectivity index (χ3n) is 4.26. The van der Waals surface area contributed by atoms with Crippen molar-refractivity contribution < 1.29 is 9.53 Å². The number of anilines is 2. The van der Waals surface area contributed by atoms with Gasteiger partial charge in [-0.05, 0) is 24.5 Å². The molecule has 3 rings (SSSR count). The Labute approximate surface area is 159 Å². The number of amides is 1. The molecule has 3 heterocycles. The van der Waals surface area contributed by atoms with Gasteiger partial charge in [0.15, 0.2) is 0 Å². The van der Waals surface area contributed by atoms with Crippen LogP contribution in [0.1, 0.15) is 35.6 Å². The molecule has 1 saturated heterocycles. The summed E-state index contributed by atoms with van der Waals surface area (Å²) >= 11 is 0. The van der Waals surface area contributed by atoms with Crippen molar-refractivity contribution in [3.63, 3.8) is 0 Å². The molecule has 0 radical (unpaired) electrons. The highest BCUT2D eigenvalue weighted by molar-refractivity contribution is 5.92. The first-order chi connectivity index (χ1) is 13.0. The van der Waals surface area contributed by atoms with E-state index in [9.17, 15) is 4.79 Å². The van der Waals surface area contributed by atoms with E-state index in [0.717, 1.165) is 36.6 Å². The van der Waals surface area contributed by atoms with Gasteiger partial charge in [-0.1, -0.05) is 19.9 Å². The first-order valence-corrected chi connectivity index (χ1v) is 9.21. The van der Waals surface area contributed by atoms with Crippen molar-refractivity contribution in [3.8, 4) is 0 Å². The van der Waals surface area contributed by atoms with E-state index >= 15 is 0 Å². The summed E-state index contributed by atoms with van der Waals surface area (Å²) < 4.78 is 5.40. The molecule has 0 saturated carbocycles. The summed E-state index contributed by atoms with van der Waals surface area (Å²) in [4.78, 5) is 27.5. The molecule has 0 unspecified atom stereocenters. The van der Waals surface area contributed by atoms with Gasteiger partial charge >= 0.3 is 0 Å². The fraction of sp³-hybridized carbons (Fsp3) is 0.474. The number of ether oxygens (including phenoxy) is 1. The molecule has 0 bridgehead atoms. The molecule has 2 aromatic heterocycles. The van der Waals surface area contributed by atoms with Gasteiger partial charge in [0.2, 0.25) is 5.95 Å². The molecule has 3 N–H and O–H groups in total. The quantitative estimate of drug-likeness (QED) is 0.792. The second-order valence-corrected chi connectivity index (χ2v) is 6.97. The average Bonchev–Trinajstić information content (AvgIpc) is 2.66. The summed E-state index contributed by atoms with van der Waals surface area (Å²) in [5, 5.41) is 2.92. The van der Waals surface area contributed by atoms with Crippen LogP contribution in [0.2, 0.25) is 0 Å². The average molecular weight is 370 g/mol. The Bertz CT molecular complexity index is 790. The van der Waals surface area contributed by atoms with E-state index in [1.807, 2.05) is 12.1 Å². The molecule has 8 nitrogen and oxygen atoms in total. The van der Waals surface area contributed by atoms with Gasteiger partial charge in [0.1, 0.15) is 11.5 Å². The van der Waals surface area contributed by atoms with Crippen molar-refractivity contribution in [3.05, 3.63) is 41.3 Å². The summed E-state index contributed by atoms with van der Waals surface area (Å²) in [7, 11) is 0. The number of nitrogens with one attached hydrogen (secondary N) is 1. The minimum Gasteiger partial charge on any atom is -0.378 e. The van der Waals surface area contributed by atoms with Crippen LogP contribution in [-0.2, 0) is 17.7 Å². The van der Waals surface area contributed by atoms with Crippen LogP contribution >= 0.6 is 0 Å². The number of hydrogen-bond donors (Lipinski definition) is 2. The molecule has 1 aliphatic heterocycles. The lowest BCUT2D eigenvalue weighted by Gasteiger charge is -2.29. The topological polar surface area (TPSA) is 106 Å². The molecule has 1 fully saturated rings. The van der Waals surface area contributed by atoms with E-state index in [0.29, 0.717) is 25.7 Å². The number of aromatic nitrogens is 3. The van der Waals surface area contributed by atoms with Crippen LogP contribution in [-0.4, -0.2) is 47.2 Å². The van der Waals surface area contributed by atoms with Gasteiger partial charge in [0, 0.05) is 37.1 Å². The molecular formula is C19H26N6O2. The van der Waals surface area contributed by atoms with Gasteiger partial charge in [-0.2, -0.15) is 0 Å². The number of rotatable bonds is 6. The summed E-state index contributed by atoms with van der Waals surface area (Å²) in [6, 6.07) is 5.54. The maximum atomic E-state index is 12.6. The van der Waals surface area contributed by atoms with Gasteiger partial charge in [-0.3, -0.25) is 4.79 Å². The standard InChI is InChI=1S/C19H26N6O2/c1-13(2)10-15-11-16(24-19(20)23-15)18(26)22-12-14-4-3-5-21-17(14)25-6-8-27-9-7-25/h3-5,11,13H,6-10,12H2,1-2H3,(H,22,26)(H2,20,23,24). The third-order valence-corrected chi connectivity index (χ3v) is 4.26. The van der Waals surface area contributed by atoms with Crippen LogP contribution in [0.15, 0.2) is 24.4 Å². The first kappa shape index (κ1) is 19.0. The molecule has 0 spiro atoms. The Balaban J connectivity index is 1.70. The molecule has 27 heavy (non-hydrogen) atoms. The zero-order chi connectivity index (χ0) is 19.2. The van der Waals surface area contributed by atoms with E-state index in [2.05, 4.69) is 39.0 Å². The molecule has 0 aromatic carbocycles. The van der Waals surface area contributed by atoms with E-state index in [4.69, 9.17) is 10.5 Å². The number of carbonyl (C=O) groups excluding carboxylic acids is 1. The summed E-state index contributed by atoms with van der Waals surface area (Å²) in [6.45, 7) is 7.49. The van der Waals surface area contributed by atoms with E-state index in [1.54, 1.807) is 12.3 Å². The Hall–Kier alpha value is -2.74. The van der Waals surface area contributed by atoms with Crippen LogP contribution in [0.3, 0.4) is 0 Å². The van der Waals surface area contributed by atoms with Crippen LogP contribution in [0.5, 0.6) is 0 Å². The van der Waals surface area contributed by atoms with E-state index in [-0.39, 0.29) is 17.5 Å². The fourth-order valence-corrected chi connectivity index (χ4v) is 3.05.